The van der Waals surface area contributed by atoms with Gasteiger partial charge in [-0.2, -0.15) is 0 Å². The van der Waals surface area contributed by atoms with Gasteiger partial charge >= 0.3 is 0 Å². The van der Waals surface area contributed by atoms with E-state index in [2.05, 4.69) is 392 Å². The molecule has 9 nitrogen and oxygen atoms in total. The molecule has 9 heteroatoms. The Kier molecular flexibility index (Phi) is 20.9. The van der Waals surface area contributed by atoms with Crippen LogP contribution in [-0.4, -0.2) is 4.98 Å². The number of rotatable bonds is 8. The molecule has 0 atom stereocenters. The minimum atomic E-state index is 0.0515. The second kappa shape index (κ2) is 33.3. The minimum Gasteiger partial charge on any atom is -0.455 e. The fourth-order valence-electron chi connectivity index (χ4n) is 28.1. The SMILES string of the molecule is Cc1cc(-c2c(C)ccc3c2oc2c4c(ccc23)C2(CCCC2)c2ccccc2-4)[n+](C)cc1C(C)C.Cc1ccc2c(oc3ccc4c(c32)-c2ccccc2C42CCCC2)c1-c1cc(C(C)C)cc[n+]1C.Cc1ccc2c(oc3ccc4c(c32)C2(CCCC2)c2ccccc2-4)c1-c1cc(C(C)C)cc[n+]1C.Cc1ccc2c(oc3nc4c(cc32)-c2ccccc2C42CCCC2)c1-c1cc(C(C)C)cc[n+]1C. The summed E-state index contributed by atoms with van der Waals surface area (Å²) in [5.41, 5.74) is 52.5. The van der Waals surface area contributed by atoms with Gasteiger partial charge in [-0.25, -0.2) is 23.3 Å². The fourth-order valence-corrected chi connectivity index (χ4v) is 28.1. The number of aryl methyl sites for hydroxylation is 9. The van der Waals surface area contributed by atoms with Crippen molar-refractivity contribution in [2.24, 2.45) is 28.2 Å². The first-order chi connectivity index (χ1) is 68.4. The number of benzene rings is 11. The maximum atomic E-state index is 6.98. The van der Waals surface area contributed by atoms with Crippen molar-refractivity contribution in [1.82, 2.24) is 4.98 Å². The van der Waals surface area contributed by atoms with Crippen molar-refractivity contribution in [3.63, 3.8) is 0 Å². The van der Waals surface area contributed by atoms with E-state index in [4.69, 9.17) is 22.7 Å². The van der Waals surface area contributed by atoms with Crippen molar-refractivity contribution in [3.8, 4) is 89.5 Å². The van der Waals surface area contributed by atoms with Gasteiger partial charge in [-0.3, -0.25) is 0 Å². The molecule has 0 radical (unpaired) electrons. The lowest BCUT2D eigenvalue weighted by atomic mass is 9.75. The maximum Gasteiger partial charge on any atom is 0.227 e. The van der Waals surface area contributed by atoms with Crippen LogP contribution in [-0.2, 0) is 49.9 Å². The van der Waals surface area contributed by atoms with Crippen molar-refractivity contribution in [2.75, 3.05) is 0 Å². The van der Waals surface area contributed by atoms with Gasteiger partial charge in [0.05, 0.1) is 27.9 Å². The number of furan rings is 4. The van der Waals surface area contributed by atoms with Gasteiger partial charge in [0.15, 0.2) is 30.4 Å². The Hall–Kier alpha value is -13.6. The van der Waals surface area contributed by atoms with Gasteiger partial charge in [0.2, 0.25) is 28.5 Å². The van der Waals surface area contributed by atoms with E-state index < -0.39 is 0 Å². The summed E-state index contributed by atoms with van der Waals surface area (Å²) >= 11 is 0. The molecule has 9 aromatic heterocycles. The molecule has 702 valence electrons. The topological polar surface area (TPSA) is 81.0 Å². The molecule has 0 N–H and O–H groups in total. The number of fused-ring (bicyclic) bond motifs is 35. The molecule has 4 spiro atoms. The zero-order chi connectivity index (χ0) is 96.5. The molecular weight excluding hydrogens is 1720 g/mol. The Balaban J connectivity index is 0.0000000990. The summed E-state index contributed by atoms with van der Waals surface area (Å²) in [5.74, 6) is 1.93. The molecule has 0 saturated heterocycles. The van der Waals surface area contributed by atoms with E-state index in [0.717, 1.165) is 55.6 Å². The van der Waals surface area contributed by atoms with Crippen molar-refractivity contribution < 1.29 is 35.9 Å². The van der Waals surface area contributed by atoms with Gasteiger partial charge in [0.25, 0.3) is 0 Å². The van der Waals surface area contributed by atoms with E-state index in [9.17, 15) is 0 Å². The van der Waals surface area contributed by atoms with Crippen LogP contribution in [0, 0.1) is 34.6 Å². The fraction of sp³-hybridized carbons (Fsp3) is 0.311. The van der Waals surface area contributed by atoms with Crippen LogP contribution in [0.5, 0.6) is 0 Å². The predicted molar refractivity (Wildman–Crippen MR) is 578 cm³/mol. The largest absolute Gasteiger partial charge is 0.455 e. The third-order valence-corrected chi connectivity index (χ3v) is 35.3. The van der Waals surface area contributed by atoms with E-state index in [-0.39, 0.29) is 21.7 Å². The van der Waals surface area contributed by atoms with Gasteiger partial charge < -0.3 is 17.7 Å². The van der Waals surface area contributed by atoms with Crippen LogP contribution < -0.4 is 18.3 Å². The Morgan fingerprint density at radius 1 is 0.270 bits per heavy atom. The zero-order valence-corrected chi connectivity index (χ0v) is 85.2. The van der Waals surface area contributed by atoms with E-state index in [1.807, 2.05) is 0 Å². The van der Waals surface area contributed by atoms with Gasteiger partial charge in [-0.05, 0) is 245 Å². The lowest BCUT2D eigenvalue weighted by Gasteiger charge is -2.27. The molecule has 9 heterocycles. The van der Waals surface area contributed by atoms with E-state index in [0.29, 0.717) is 23.7 Å². The molecule has 28 rings (SSSR count). The van der Waals surface area contributed by atoms with Gasteiger partial charge in [-0.15, -0.1) is 0 Å². The van der Waals surface area contributed by atoms with Crippen molar-refractivity contribution in [2.45, 2.75) is 238 Å². The summed E-state index contributed by atoms with van der Waals surface area (Å²) in [6.45, 7) is 29.1. The van der Waals surface area contributed by atoms with Gasteiger partial charge in [-0.1, -0.05) is 277 Å². The third-order valence-electron chi connectivity index (χ3n) is 35.3. The molecule has 8 aliphatic rings. The Morgan fingerprint density at radius 2 is 0.631 bits per heavy atom. The summed E-state index contributed by atoms with van der Waals surface area (Å²) in [6, 6.07) is 86.7. The van der Waals surface area contributed by atoms with Crippen molar-refractivity contribution in [1.29, 1.82) is 0 Å². The number of hydrogen-bond acceptors (Lipinski definition) is 5. The monoisotopic (exact) mass is 1850 g/mol. The summed E-state index contributed by atoms with van der Waals surface area (Å²) in [4.78, 5) is 5.30. The van der Waals surface area contributed by atoms with Crippen LogP contribution in [0.15, 0.2) is 273 Å². The summed E-state index contributed by atoms with van der Waals surface area (Å²) in [6.07, 6.45) is 29.0. The smallest absolute Gasteiger partial charge is 0.227 e. The summed E-state index contributed by atoms with van der Waals surface area (Å²) < 4.78 is 36.2. The molecule has 0 amide bonds. The highest BCUT2D eigenvalue weighted by atomic mass is 16.3. The highest BCUT2D eigenvalue weighted by Crippen LogP contribution is 2.65. The summed E-state index contributed by atoms with van der Waals surface area (Å²) in [5, 5.41) is 9.82. The first-order valence-corrected chi connectivity index (χ1v) is 52.6. The molecule has 4 fully saturated rings. The van der Waals surface area contributed by atoms with Crippen LogP contribution in [0.3, 0.4) is 0 Å². The quantitative estimate of drug-likeness (QED) is 0.142. The molecule has 141 heavy (non-hydrogen) atoms. The van der Waals surface area contributed by atoms with Crippen LogP contribution in [0.1, 0.15) is 277 Å². The molecule has 0 aliphatic heterocycles. The van der Waals surface area contributed by atoms with Gasteiger partial charge in [0.1, 0.15) is 61.7 Å². The predicted octanol–water partition coefficient (Wildman–Crippen LogP) is 33.1. The van der Waals surface area contributed by atoms with E-state index in [1.165, 1.54) is 319 Å². The standard InChI is InChI=1S/C34H34NO.2C33H32NO.C32H31N2O/c1-20(2)26-19-35(5)29(18-22(26)4)30-21(3)12-13-23-24-14-15-28-31(33(24)36-32(23)30)25-10-6-7-11-27(25)34(28)16-8-9-17-34;1-20(2)22-15-18-34(4)27(19-22)29-21(3)11-12-25-30-28(35-32(25)29)14-13-24-23-9-5-6-10-26(23)33(31(24)30)16-7-8-17-33;1-20(2)22-15-18-34(4)27(19-22)29-21(3)11-12-24-31-28(35-32(24)29)14-13-26-30(31)23-9-5-6-10-25(23)33(26)16-7-8-17-33;1-19(2)21-13-16-34(4)27(17-21)28-20(3)11-12-23-25-18-24-22-9-5-6-10-26(22)32(14-7-8-15-32)30(24)33-31(25)35-29(23)28/h6-7,10-15,18-20H,8-9,16-17H2,1-5H3;2*5-6,9-15,18-20H,7-8,16-17H2,1-4H3;5-6,9-13,16-19H,7-8,14-15H2,1-4H3/q4*+1. The second-order valence-electron chi connectivity index (χ2n) is 44.5. The molecule has 20 aromatic rings. The highest BCUT2D eigenvalue weighted by molar-refractivity contribution is 6.20. The number of pyridine rings is 5. The van der Waals surface area contributed by atoms with Crippen LogP contribution in [0.2, 0.25) is 0 Å². The molecule has 0 unspecified atom stereocenters. The van der Waals surface area contributed by atoms with Crippen LogP contribution in [0.25, 0.3) is 177 Å². The number of nitrogens with zero attached hydrogens (tertiary/aromatic N) is 5. The first kappa shape index (κ1) is 88.8. The lowest BCUT2D eigenvalue weighted by Crippen LogP contribution is -2.32. The first-order valence-electron chi connectivity index (χ1n) is 52.6. The third kappa shape index (κ3) is 13.2. The zero-order valence-electron chi connectivity index (χ0n) is 85.2. The molecular formula is C132H129N5O4+4. The van der Waals surface area contributed by atoms with Crippen molar-refractivity contribution in [3.05, 3.63) is 350 Å². The van der Waals surface area contributed by atoms with E-state index in [1.54, 1.807) is 0 Å². The van der Waals surface area contributed by atoms with Crippen LogP contribution >= 0.6 is 0 Å². The average Bonchev–Trinajstić information content (AvgIpc) is 1.55. The highest BCUT2D eigenvalue weighted by Gasteiger charge is 2.52. The minimum absolute atomic E-state index is 0.0515. The summed E-state index contributed by atoms with van der Waals surface area (Å²) in [7, 11) is 8.56. The molecule has 0 bridgehead atoms. The molecule has 11 aromatic carbocycles. The van der Waals surface area contributed by atoms with Gasteiger partial charge in [0, 0.05) is 124 Å². The normalized spacial score (nSPS) is 16.0. The molecule has 8 aliphatic carbocycles. The molecule has 4 saturated carbocycles. The Labute approximate surface area is 829 Å². The number of hydrogen-bond donors (Lipinski definition) is 0. The van der Waals surface area contributed by atoms with E-state index >= 15 is 0 Å². The van der Waals surface area contributed by atoms with Crippen LogP contribution in [0.4, 0.5) is 0 Å². The second-order valence-corrected chi connectivity index (χ2v) is 44.5. The Bertz CT molecular complexity index is 8630. The number of aromatic nitrogens is 5. The lowest BCUT2D eigenvalue weighted by molar-refractivity contribution is -0.661. The Morgan fingerprint density at radius 3 is 1.12 bits per heavy atom. The van der Waals surface area contributed by atoms with Crippen molar-refractivity contribution >= 4 is 87.9 Å². The maximum absolute atomic E-state index is 6.98. The average molecular weight is 1850 g/mol.